The molecule has 2 amide bonds. The molecule has 9 nitrogen and oxygen atoms in total. The standard InChI is InChI=1S/C17H15N3OS2.C16H14N4OS2/c1-22-17-13(9-14(23-17)15(18)19)20-16(21)12-8-4-6-10-5-2-3-7-11(10)12;1-22-16-12(8-13(23-16)14(17)18)20-15(21)11-7-6-9-4-2-3-5-10(9)19-11/h2-9H,1H3,(H3,18,19)(H,20,21);2-8H,1H3,(H3,17,18)(H,20,21). The fourth-order valence-corrected chi connectivity index (χ4v) is 7.76. The summed E-state index contributed by atoms with van der Waals surface area (Å²) in [6, 6.07) is 28.2. The number of nitrogens with zero attached hydrogens (tertiary/aromatic N) is 1. The van der Waals surface area contributed by atoms with Crippen LogP contribution in [0.4, 0.5) is 11.4 Å². The van der Waals surface area contributed by atoms with E-state index in [9.17, 15) is 9.59 Å². The number of amidine groups is 2. The number of fused-ring (bicyclic) bond motifs is 2. The number of rotatable bonds is 8. The first-order valence-corrected chi connectivity index (χ1v) is 17.8. The van der Waals surface area contributed by atoms with Gasteiger partial charge in [0.05, 0.1) is 35.1 Å². The van der Waals surface area contributed by atoms with Crippen LogP contribution in [0.15, 0.2) is 99.4 Å². The van der Waals surface area contributed by atoms with Crippen LogP contribution in [-0.2, 0) is 0 Å². The third-order valence-electron chi connectivity index (χ3n) is 6.66. The van der Waals surface area contributed by atoms with Gasteiger partial charge < -0.3 is 22.1 Å². The number of carbonyl (C=O) groups excluding carboxylic acids is 2. The van der Waals surface area contributed by atoms with Gasteiger partial charge >= 0.3 is 0 Å². The van der Waals surface area contributed by atoms with Crippen molar-refractivity contribution in [3.8, 4) is 0 Å². The highest BCUT2D eigenvalue weighted by Crippen LogP contribution is 2.36. The summed E-state index contributed by atoms with van der Waals surface area (Å²) >= 11 is 5.82. The molecule has 0 radical (unpaired) electrons. The minimum absolute atomic E-state index is 0.00497. The average Bonchev–Trinajstić information content (AvgIpc) is 3.68. The molecule has 0 aliphatic heterocycles. The summed E-state index contributed by atoms with van der Waals surface area (Å²) in [5.41, 5.74) is 14.2. The molecule has 0 spiro atoms. The second-order valence-electron chi connectivity index (χ2n) is 9.68. The van der Waals surface area contributed by atoms with E-state index in [4.69, 9.17) is 22.3 Å². The van der Waals surface area contributed by atoms with E-state index in [1.165, 1.54) is 46.2 Å². The zero-order chi connectivity index (χ0) is 32.8. The number of thiophene rings is 2. The first-order chi connectivity index (χ1) is 22.2. The van der Waals surface area contributed by atoms with E-state index in [2.05, 4.69) is 15.6 Å². The van der Waals surface area contributed by atoms with Gasteiger partial charge in [0.1, 0.15) is 17.4 Å². The van der Waals surface area contributed by atoms with E-state index >= 15 is 0 Å². The van der Waals surface area contributed by atoms with E-state index in [1.807, 2.05) is 85.3 Å². The van der Waals surface area contributed by atoms with Gasteiger partial charge in [-0.1, -0.05) is 60.7 Å². The summed E-state index contributed by atoms with van der Waals surface area (Å²) < 4.78 is 1.84. The molecule has 232 valence electrons. The lowest BCUT2D eigenvalue weighted by Crippen LogP contribution is -2.14. The SMILES string of the molecule is CSc1sc(C(=N)N)cc1NC(=O)c1ccc2ccccc2n1.CSc1sc(C(=N)N)cc1NC(=O)c1cccc2ccccc12. The van der Waals surface area contributed by atoms with Gasteiger partial charge in [0.25, 0.3) is 11.8 Å². The van der Waals surface area contributed by atoms with Crippen LogP contribution < -0.4 is 22.1 Å². The highest BCUT2D eigenvalue weighted by atomic mass is 32.2. The third-order valence-corrected chi connectivity index (χ3v) is 11.3. The molecule has 13 heteroatoms. The summed E-state index contributed by atoms with van der Waals surface area (Å²) in [6.07, 6.45) is 3.85. The fourth-order valence-electron chi connectivity index (χ4n) is 4.48. The maximum absolute atomic E-state index is 12.7. The number of carbonyl (C=O) groups is 2. The number of anilines is 2. The van der Waals surface area contributed by atoms with Crippen molar-refractivity contribution in [3.05, 3.63) is 112 Å². The molecule has 0 saturated heterocycles. The Hall–Kier alpha value is -4.69. The molecule has 0 unspecified atom stereocenters. The third kappa shape index (κ3) is 7.40. The van der Waals surface area contributed by atoms with Gasteiger partial charge in [-0.3, -0.25) is 20.4 Å². The lowest BCUT2D eigenvalue weighted by atomic mass is 10.0. The number of aromatic nitrogens is 1. The summed E-state index contributed by atoms with van der Waals surface area (Å²) in [7, 11) is 0. The predicted molar refractivity (Wildman–Crippen MR) is 196 cm³/mol. The van der Waals surface area contributed by atoms with Crippen LogP contribution in [0.3, 0.4) is 0 Å². The fraction of sp³-hybridized carbons (Fsp3) is 0.0606. The zero-order valence-corrected chi connectivity index (χ0v) is 28.0. The van der Waals surface area contributed by atoms with Crippen molar-refractivity contribution in [3.63, 3.8) is 0 Å². The Morgan fingerprint density at radius 1 is 0.696 bits per heavy atom. The first kappa shape index (κ1) is 32.7. The minimum Gasteiger partial charge on any atom is -0.383 e. The summed E-state index contributed by atoms with van der Waals surface area (Å²) in [5.74, 6) is -0.436. The number of thioether (sulfide) groups is 2. The minimum atomic E-state index is -0.279. The second-order valence-corrected chi connectivity index (χ2v) is 13.9. The summed E-state index contributed by atoms with van der Waals surface area (Å²) in [5, 5.41) is 23.8. The molecule has 0 bridgehead atoms. The molecule has 0 aliphatic rings. The molecule has 8 N–H and O–H groups in total. The molecule has 6 aromatic rings. The van der Waals surface area contributed by atoms with Crippen molar-refractivity contribution in [2.24, 2.45) is 11.5 Å². The number of para-hydroxylation sites is 1. The zero-order valence-electron chi connectivity index (χ0n) is 24.7. The van der Waals surface area contributed by atoms with Gasteiger partial charge in [0.15, 0.2) is 0 Å². The predicted octanol–water partition coefficient (Wildman–Crippen LogP) is 7.71. The lowest BCUT2D eigenvalue weighted by Gasteiger charge is -2.08. The number of nitrogens with two attached hydrogens (primary N) is 2. The largest absolute Gasteiger partial charge is 0.383 e. The van der Waals surface area contributed by atoms with Crippen LogP contribution in [0.1, 0.15) is 30.6 Å². The summed E-state index contributed by atoms with van der Waals surface area (Å²) in [4.78, 5) is 30.8. The number of hydrogen-bond acceptors (Lipinski definition) is 9. The Morgan fingerprint density at radius 3 is 1.85 bits per heavy atom. The van der Waals surface area contributed by atoms with Crippen LogP contribution in [0.5, 0.6) is 0 Å². The molecule has 46 heavy (non-hydrogen) atoms. The Labute approximate surface area is 281 Å². The lowest BCUT2D eigenvalue weighted by molar-refractivity contribution is 0.101. The first-order valence-electron chi connectivity index (χ1n) is 13.7. The maximum atomic E-state index is 12.7. The Morgan fingerprint density at radius 2 is 1.24 bits per heavy atom. The van der Waals surface area contributed by atoms with Crippen molar-refractivity contribution in [1.82, 2.24) is 4.98 Å². The number of pyridine rings is 1. The van der Waals surface area contributed by atoms with Crippen molar-refractivity contribution in [2.75, 3.05) is 23.1 Å². The van der Waals surface area contributed by atoms with Gasteiger partial charge in [-0.25, -0.2) is 4.98 Å². The number of benzene rings is 3. The van der Waals surface area contributed by atoms with E-state index < -0.39 is 0 Å². The van der Waals surface area contributed by atoms with Crippen molar-refractivity contribution < 1.29 is 9.59 Å². The van der Waals surface area contributed by atoms with Crippen LogP contribution in [0, 0.1) is 10.8 Å². The molecular formula is C33H29N7O2S4. The van der Waals surface area contributed by atoms with Crippen LogP contribution in [-0.4, -0.2) is 41.0 Å². The highest BCUT2D eigenvalue weighted by molar-refractivity contribution is 8.00. The van der Waals surface area contributed by atoms with E-state index in [0.29, 0.717) is 32.4 Å². The van der Waals surface area contributed by atoms with Crippen molar-refractivity contribution in [2.45, 2.75) is 8.42 Å². The number of amides is 2. The van der Waals surface area contributed by atoms with E-state index in [1.54, 1.807) is 18.2 Å². The summed E-state index contributed by atoms with van der Waals surface area (Å²) in [6.45, 7) is 0. The molecule has 0 saturated carbocycles. The number of nitrogens with one attached hydrogen (secondary N) is 4. The van der Waals surface area contributed by atoms with Gasteiger partial charge in [-0.05, 0) is 53.6 Å². The molecule has 3 heterocycles. The van der Waals surface area contributed by atoms with Gasteiger partial charge in [-0.2, -0.15) is 0 Å². The molecule has 0 aliphatic carbocycles. The smallest absolute Gasteiger partial charge is 0.274 e. The Kier molecular flexibility index (Phi) is 10.4. The topological polar surface area (TPSA) is 171 Å². The van der Waals surface area contributed by atoms with Crippen LogP contribution in [0.2, 0.25) is 0 Å². The number of nitrogen functional groups attached to an aromatic ring is 2. The highest BCUT2D eigenvalue weighted by Gasteiger charge is 2.17. The monoisotopic (exact) mass is 683 g/mol. The average molecular weight is 684 g/mol. The van der Waals surface area contributed by atoms with Crippen molar-refractivity contribution in [1.29, 1.82) is 10.8 Å². The van der Waals surface area contributed by atoms with E-state index in [0.717, 1.165) is 30.1 Å². The van der Waals surface area contributed by atoms with Gasteiger partial charge in [0, 0.05) is 10.9 Å². The molecule has 3 aromatic heterocycles. The Bertz CT molecular complexity index is 2090. The molecule has 6 rings (SSSR count). The van der Waals surface area contributed by atoms with Crippen molar-refractivity contribution >= 4 is 103 Å². The molecule has 0 atom stereocenters. The van der Waals surface area contributed by atoms with Gasteiger partial charge in [0.2, 0.25) is 0 Å². The van der Waals surface area contributed by atoms with Gasteiger partial charge in [-0.15, -0.1) is 46.2 Å². The normalized spacial score (nSPS) is 10.7. The van der Waals surface area contributed by atoms with E-state index in [-0.39, 0.29) is 23.5 Å². The number of hydrogen-bond donors (Lipinski definition) is 6. The quantitative estimate of drug-likeness (QED) is 0.0542. The second kappa shape index (κ2) is 14.6. The van der Waals surface area contributed by atoms with Crippen LogP contribution in [0.25, 0.3) is 21.7 Å². The maximum Gasteiger partial charge on any atom is 0.274 e. The molecular weight excluding hydrogens is 655 g/mol. The molecule has 3 aromatic carbocycles. The molecule has 0 fully saturated rings. The van der Waals surface area contributed by atoms with Crippen LogP contribution >= 0.6 is 46.2 Å². The Balaban J connectivity index is 0.000000181.